The molecule has 0 saturated carbocycles. The summed E-state index contributed by atoms with van der Waals surface area (Å²) in [6.45, 7) is 7.33. The van der Waals surface area contributed by atoms with E-state index < -0.39 is 0 Å². The van der Waals surface area contributed by atoms with Gasteiger partial charge in [0.2, 0.25) is 0 Å². The molecule has 1 saturated heterocycles. The Bertz CT molecular complexity index is 440. The molecule has 4 nitrogen and oxygen atoms in total. The smallest absolute Gasteiger partial charge is 0.320 e. The molecule has 0 amide bonds. The van der Waals surface area contributed by atoms with Gasteiger partial charge < -0.3 is 9.64 Å². The first-order chi connectivity index (χ1) is 9.54. The summed E-state index contributed by atoms with van der Waals surface area (Å²) < 4.78 is 18.0. The Kier molecular flexibility index (Phi) is 4.95. The SMILES string of the molecule is CC(C)OC(=O)CN1CCN(c2ccc(F)cc2)CC1. The monoisotopic (exact) mass is 280 g/mol. The van der Waals surface area contributed by atoms with Crippen molar-refractivity contribution in [3.8, 4) is 0 Å². The fourth-order valence-electron chi connectivity index (χ4n) is 2.30. The van der Waals surface area contributed by atoms with Crippen molar-refractivity contribution >= 4 is 11.7 Å². The van der Waals surface area contributed by atoms with Crippen LogP contribution in [-0.2, 0) is 9.53 Å². The number of piperazine rings is 1. The highest BCUT2D eigenvalue weighted by Crippen LogP contribution is 2.16. The van der Waals surface area contributed by atoms with Crippen LogP contribution in [0.2, 0.25) is 0 Å². The van der Waals surface area contributed by atoms with E-state index in [0.717, 1.165) is 31.9 Å². The molecule has 0 atom stereocenters. The molecule has 0 spiro atoms. The molecular formula is C15H21FN2O2. The molecule has 0 aliphatic carbocycles. The topological polar surface area (TPSA) is 32.8 Å². The number of hydrogen-bond donors (Lipinski definition) is 0. The number of benzene rings is 1. The fourth-order valence-corrected chi connectivity index (χ4v) is 2.30. The third-order valence-electron chi connectivity index (χ3n) is 3.28. The summed E-state index contributed by atoms with van der Waals surface area (Å²) in [6.07, 6.45) is -0.0667. The third kappa shape index (κ3) is 4.20. The molecule has 1 aromatic rings. The van der Waals surface area contributed by atoms with Crippen LogP contribution >= 0.6 is 0 Å². The van der Waals surface area contributed by atoms with Gasteiger partial charge in [0, 0.05) is 31.9 Å². The molecular weight excluding hydrogens is 259 g/mol. The van der Waals surface area contributed by atoms with Crippen LogP contribution in [0.4, 0.5) is 10.1 Å². The van der Waals surface area contributed by atoms with Gasteiger partial charge in [0.1, 0.15) is 5.82 Å². The average Bonchev–Trinajstić information content (AvgIpc) is 2.39. The molecule has 1 aromatic carbocycles. The maximum atomic E-state index is 12.9. The number of esters is 1. The first-order valence-electron chi connectivity index (χ1n) is 6.97. The summed E-state index contributed by atoms with van der Waals surface area (Å²) in [6, 6.07) is 6.53. The van der Waals surface area contributed by atoms with Gasteiger partial charge in [-0.1, -0.05) is 0 Å². The minimum Gasteiger partial charge on any atom is -0.462 e. The Hall–Kier alpha value is -1.62. The molecule has 0 aromatic heterocycles. The summed E-state index contributed by atoms with van der Waals surface area (Å²) >= 11 is 0. The summed E-state index contributed by atoms with van der Waals surface area (Å²) in [4.78, 5) is 15.9. The van der Waals surface area contributed by atoms with Gasteiger partial charge in [-0.25, -0.2) is 4.39 Å². The van der Waals surface area contributed by atoms with Crippen LogP contribution in [0.3, 0.4) is 0 Å². The standard InChI is InChI=1S/C15H21FN2O2/c1-12(2)20-15(19)11-17-7-9-18(10-8-17)14-5-3-13(16)4-6-14/h3-6,12H,7-11H2,1-2H3. The third-order valence-corrected chi connectivity index (χ3v) is 3.28. The highest BCUT2D eigenvalue weighted by Gasteiger charge is 2.20. The van der Waals surface area contributed by atoms with Gasteiger partial charge in [0.05, 0.1) is 12.6 Å². The van der Waals surface area contributed by atoms with E-state index in [2.05, 4.69) is 9.80 Å². The van der Waals surface area contributed by atoms with Crippen LogP contribution in [-0.4, -0.2) is 49.7 Å². The van der Waals surface area contributed by atoms with Crippen molar-refractivity contribution in [3.05, 3.63) is 30.1 Å². The van der Waals surface area contributed by atoms with Crippen molar-refractivity contribution in [3.63, 3.8) is 0 Å². The minimum absolute atomic E-state index is 0.0667. The van der Waals surface area contributed by atoms with Gasteiger partial charge in [-0.2, -0.15) is 0 Å². The predicted molar refractivity (Wildman–Crippen MR) is 76.3 cm³/mol. The van der Waals surface area contributed by atoms with Crippen molar-refractivity contribution in [1.82, 2.24) is 4.90 Å². The molecule has 1 heterocycles. The lowest BCUT2D eigenvalue weighted by atomic mass is 10.2. The zero-order chi connectivity index (χ0) is 14.5. The van der Waals surface area contributed by atoms with E-state index in [4.69, 9.17) is 4.74 Å². The number of carbonyl (C=O) groups is 1. The summed E-state index contributed by atoms with van der Waals surface area (Å²) in [5.74, 6) is -0.390. The number of halogens is 1. The number of nitrogens with zero attached hydrogens (tertiary/aromatic N) is 2. The second kappa shape index (κ2) is 6.70. The van der Waals surface area contributed by atoms with E-state index in [9.17, 15) is 9.18 Å². The molecule has 0 N–H and O–H groups in total. The lowest BCUT2D eigenvalue weighted by Crippen LogP contribution is -2.48. The molecule has 0 bridgehead atoms. The average molecular weight is 280 g/mol. The largest absolute Gasteiger partial charge is 0.462 e. The van der Waals surface area contributed by atoms with Gasteiger partial charge in [0.25, 0.3) is 0 Å². The number of anilines is 1. The number of carbonyl (C=O) groups excluding carboxylic acids is 1. The number of rotatable bonds is 4. The molecule has 0 unspecified atom stereocenters. The quantitative estimate of drug-likeness (QED) is 0.789. The highest BCUT2D eigenvalue weighted by atomic mass is 19.1. The van der Waals surface area contributed by atoms with Crippen molar-refractivity contribution in [1.29, 1.82) is 0 Å². The maximum Gasteiger partial charge on any atom is 0.320 e. The minimum atomic E-state index is -0.219. The normalized spacial score (nSPS) is 16.5. The molecule has 1 fully saturated rings. The number of hydrogen-bond acceptors (Lipinski definition) is 4. The van der Waals surface area contributed by atoms with Crippen molar-refractivity contribution in [2.45, 2.75) is 20.0 Å². The van der Waals surface area contributed by atoms with E-state index in [1.165, 1.54) is 12.1 Å². The van der Waals surface area contributed by atoms with Gasteiger partial charge in [0.15, 0.2) is 0 Å². The Balaban J connectivity index is 1.80. The fraction of sp³-hybridized carbons (Fsp3) is 0.533. The van der Waals surface area contributed by atoms with Crippen LogP contribution in [0.5, 0.6) is 0 Å². The molecule has 1 aliphatic rings. The highest BCUT2D eigenvalue weighted by molar-refractivity contribution is 5.71. The van der Waals surface area contributed by atoms with Crippen LogP contribution in [0, 0.1) is 5.82 Å². The maximum absolute atomic E-state index is 12.9. The van der Waals surface area contributed by atoms with Crippen molar-refractivity contribution < 1.29 is 13.9 Å². The molecule has 0 radical (unpaired) electrons. The second-order valence-electron chi connectivity index (χ2n) is 5.28. The molecule has 5 heteroatoms. The number of ether oxygens (including phenoxy) is 1. The van der Waals surface area contributed by atoms with E-state index in [1.54, 1.807) is 12.1 Å². The van der Waals surface area contributed by atoms with Gasteiger partial charge in [-0.05, 0) is 38.1 Å². The first kappa shape index (κ1) is 14.8. The summed E-state index contributed by atoms with van der Waals surface area (Å²) in [5, 5.41) is 0. The van der Waals surface area contributed by atoms with Crippen molar-refractivity contribution in [2.75, 3.05) is 37.6 Å². The van der Waals surface area contributed by atoms with Crippen LogP contribution in [0.15, 0.2) is 24.3 Å². The Labute approximate surface area is 119 Å². The predicted octanol–water partition coefficient (Wildman–Crippen LogP) is 1.90. The van der Waals surface area contributed by atoms with E-state index in [0.29, 0.717) is 6.54 Å². The lowest BCUT2D eigenvalue weighted by molar-refractivity contribution is -0.148. The van der Waals surface area contributed by atoms with Crippen molar-refractivity contribution in [2.24, 2.45) is 0 Å². The summed E-state index contributed by atoms with van der Waals surface area (Å²) in [7, 11) is 0. The zero-order valence-corrected chi connectivity index (χ0v) is 12.0. The van der Waals surface area contributed by atoms with Gasteiger partial charge in [-0.15, -0.1) is 0 Å². The van der Waals surface area contributed by atoms with E-state index in [-0.39, 0.29) is 17.9 Å². The molecule has 2 rings (SSSR count). The molecule has 110 valence electrons. The van der Waals surface area contributed by atoms with Gasteiger partial charge in [-0.3, -0.25) is 9.69 Å². The van der Waals surface area contributed by atoms with E-state index >= 15 is 0 Å². The van der Waals surface area contributed by atoms with Crippen LogP contribution in [0.25, 0.3) is 0 Å². The van der Waals surface area contributed by atoms with Crippen LogP contribution < -0.4 is 4.90 Å². The Morgan fingerprint density at radius 3 is 2.35 bits per heavy atom. The molecule has 20 heavy (non-hydrogen) atoms. The zero-order valence-electron chi connectivity index (χ0n) is 12.0. The molecule has 1 aliphatic heterocycles. The van der Waals surface area contributed by atoms with E-state index in [1.807, 2.05) is 13.8 Å². The lowest BCUT2D eigenvalue weighted by Gasteiger charge is -2.35. The first-order valence-corrected chi connectivity index (χ1v) is 6.97. The Morgan fingerprint density at radius 2 is 1.80 bits per heavy atom. The Morgan fingerprint density at radius 1 is 1.20 bits per heavy atom. The van der Waals surface area contributed by atoms with Crippen LogP contribution in [0.1, 0.15) is 13.8 Å². The second-order valence-corrected chi connectivity index (χ2v) is 5.28. The summed E-state index contributed by atoms with van der Waals surface area (Å²) in [5.41, 5.74) is 1.02. The van der Waals surface area contributed by atoms with Gasteiger partial charge >= 0.3 is 5.97 Å².